The van der Waals surface area contributed by atoms with Gasteiger partial charge in [-0.2, -0.15) is 13.8 Å². The predicted octanol–water partition coefficient (Wildman–Crippen LogP) is 4.59. The fraction of sp³-hybridized carbons (Fsp3) is 0.261. The van der Waals surface area contributed by atoms with Gasteiger partial charge in [-0.15, -0.1) is 0 Å². The lowest BCUT2D eigenvalue weighted by Crippen LogP contribution is -2.45. The molecule has 0 saturated carbocycles. The summed E-state index contributed by atoms with van der Waals surface area (Å²) in [7, 11) is 0. The van der Waals surface area contributed by atoms with Crippen molar-refractivity contribution in [2.24, 2.45) is 0 Å². The average molecular weight is 520 g/mol. The van der Waals surface area contributed by atoms with Crippen molar-refractivity contribution in [2.75, 3.05) is 18.5 Å². The van der Waals surface area contributed by atoms with Crippen molar-refractivity contribution in [2.45, 2.75) is 26.2 Å². The van der Waals surface area contributed by atoms with Crippen molar-refractivity contribution in [1.82, 2.24) is 20.4 Å². The second-order valence-electron chi connectivity index (χ2n) is 7.65. The van der Waals surface area contributed by atoms with Crippen LogP contribution in [0.5, 0.6) is 5.75 Å². The molecular formula is C23H20F3N5O4S. The number of ether oxygens (including phenoxy) is 1. The number of nitrogens with one attached hydrogen (secondary N) is 2. The largest absolute Gasteiger partial charge is 0.492 e. The van der Waals surface area contributed by atoms with Crippen molar-refractivity contribution in [3.63, 3.8) is 0 Å². The van der Waals surface area contributed by atoms with Crippen LogP contribution in [0, 0.1) is 12.7 Å². The molecule has 2 N–H and O–H groups in total. The number of alkyl halides is 2. The van der Waals surface area contributed by atoms with E-state index < -0.39 is 30.1 Å². The Morgan fingerprint density at radius 1 is 1.19 bits per heavy atom. The van der Waals surface area contributed by atoms with E-state index in [0.717, 1.165) is 17.4 Å². The third kappa shape index (κ3) is 5.46. The van der Waals surface area contributed by atoms with Crippen LogP contribution in [-0.2, 0) is 4.79 Å². The molecule has 2 aromatic heterocycles. The van der Waals surface area contributed by atoms with Gasteiger partial charge in [0, 0.05) is 18.1 Å². The van der Waals surface area contributed by atoms with Gasteiger partial charge in [-0.25, -0.2) is 9.37 Å². The number of halogens is 3. The number of carbonyl (C=O) groups is 2. The Kier molecular flexibility index (Phi) is 7.20. The van der Waals surface area contributed by atoms with Crippen molar-refractivity contribution < 1.29 is 32.0 Å². The van der Waals surface area contributed by atoms with E-state index >= 15 is 0 Å². The van der Waals surface area contributed by atoms with Crippen LogP contribution in [0.4, 0.5) is 18.3 Å². The summed E-state index contributed by atoms with van der Waals surface area (Å²) >= 11 is 0.807. The van der Waals surface area contributed by atoms with Gasteiger partial charge in [0.2, 0.25) is 11.7 Å². The van der Waals surface area contributed by atoms with Gasteiger partial charge in [-0.3, -0.25) is 14.9 Å². The van der Waals surface area contributed by atoms with E-state index in [1.165, 1.54) is 24.3 Å². The first kappa shape index (κ1) is 25.1. The van der Waals surface area contributed by atoms with Gasteiger partial charge >= 0.3 is 5.92 Å². The molecule has 188 valence electrons. The smallest absolute Gasteiger partial charge is 0.341 e. The molecule has 36 heavy (non-hydrogen) atoms. The number of nitrogens with zero attached hydrogens (tertiary/aromatic N) is 3. The molecule has 2 aromatic carbocycles. The fourth-order valence-electron chi connectivity index (χ4n) is 3.11. The zero-order valence-electron chi connectivity index (χ0n) is 19.1. The second kappa shape index (κ2) is 10.3. The number of hydrogen-bond donors (Lipinski definition) is 2. The molecule has 0 unspecified atom stereocenters. The Hall–Kier alpha value is -4.00. The van der Waals surface area contributed by atoms with Crippen LogP contribution in [0.2, 0.25) is 0 Å². The summed E-state index contributed by atoms with van der Waals surface area (Å²) in [6.45, 7) is 2.60. The minimum Gasteiger partial charge on any atom is -0.492 e. The summed E-state index contributed by atoms with van der Waals surface area (Å²) < 4.78 is 53.9. The van der Waals surface area contributed by atoms with Crippen LogP contribution in [-0.4, -0.2) is 46.0 Å². The number of rotatable bonds is 9. The van der Waals surface area contributed by atoms with Crippen LogP contribution in [0.25, 0.3) is 21.6 Å². The Bertz CT molecular complexity index is 1420. The highest BCUT2D eigenvalue weighted by molar-refractivity contribution is 7.22. The van der Waals surface area contributed by atoms with E-state index in [9.17, 15) is 22.8 Å². The molecule has 0 spiro atoms. The molecule has 13 heteroatoms. The number of thiazole rings is 1. The van der Waals surface area contributed by atoms with Crippen molar-refractivity contribution in [3.8, 4) is 17.1 Å². The third-order valence-electron chi connectivity index (χ3n) is 4.85. The zero-order chi connectivity index (χ0) is 25.9. The number of aromatic nitrogens is 3. The number of anilines is 1. The lowest BCUT2D eigenvalue weighted by atomic mass is 10.1. The van der Waals surface area contributed by atoms with Crippen molar-refractivity contribution in [3.05, 3.63) is 53.7 Å². The van der Waals surface area contributed by atoms with Crippen molar-refractivity contribution >= 4 is 38.5 Å². The molecule has 0 aliphatic heterocycles. The summed E-state index contributed by atoms with van der Waals surface area (Å²) in [5, 5.41) is 7.57. The highest BCUT2D eigenvalue weighted by atomic mass is 32.1. The van der Waals surface area contributed by atoms with E-state index in [2.05, 4.69) is 15.1 Å². The average Bonchev–Trinajstić information content (AvgIpc) is 3.49. The number of fused-ring (bicyclic) bond motifs is 1. The van der Waals surface area contributed by atoms with Crippen LogP contribution in [0.3, 0.4) is 0 Å². The molecule has 2 heterocycles. The molecule has 0 fully saturated rings. The minimum absolute atomic E-state index is 0.0624. The first-order valence-electron chi connectivity index (χ1n) is 10.8. The Morgan fingerprint density at radius 2 is 2.00 bits per heavy atom. The monoisotopic (exact) mass is 519 g/mol. The number of benzene rings is 2. The van der Waals surface area contributed by atoms with Gasteiger partial charge in [-0.1, -0.05) is 35.5 Å². The zero-order valence-corrected chi connectivity index (χ0v) is 19.9. The van der Waals surface area contributed by atoms with Crippen LogP contribution < -0.4 is 15.4 Å². The maximum Gasteiger partial charge on any atom is 0.341 e. The topological polar surface area (TPSA) is 119 Å². The lowest BCUT2D eigenvalue weighted by Gasteiger charge is -2.16. The van der Waals surface area contributed by atoms with E-state index in [1.807, 2.05) is 17.6 Å². The number of hydrogen-bond acceptors (Lipinski definition) is 8. The van der Waals surface area contributed by atoms with Gasteiger partial charge in [-0.05, 0) is 30.7 Å². The molecule has 4 rings (SSSR count). The van der Waals surface area contributed by atoms with Gasteiger partial charge in [0.05, 0.1) is 13.2 Å². The Balaban J connectivity index is 1.42. The highest BCUT2D eigenvalue weighted by Crippen LogP contribution is 2.36. The third-order valence-corrected chi connectivity index (χ3v) is 5.84. The number of amides is 2. The second-order valence-corrected chi connectivity index (χ2v) is 8.65. The van der Waals surface area contributed by atoms with Crippen LogP contribution in [0.15, 0.2) is 40.9 Å². The van der Waals surface area contributed by atoms with E-state index in [4.69, 9.17) is 9.26 Å². The molecule has 2 amide bonds. The summed E-state index contributed by atoms with van der Waals surface area (Å²) in [6.07, 6.45) is 0.709. The molecule has 0 saturated heterocycles. The van der Waals surface area contributed by atoms with Gasteiger partial charge in [0.15, 0.2) is 10.9 Å². The maximum absolute atomic E-state index is 14.5. The quantitative estimate of drug-likeness (QED) is 0.332. The molecular weight excluding hydrogens is 499 g/mol. The summed E-state index contributed by atoms with van der Waals surface area (Å²) in [6, 6.07) is 8.55. The molecule has 9 nitrogen and oxygen atoms in total. The molecule has 0 radical (unpaired) electrons. The van der Waals surface area contributed by atoms with Crippen LogP contribution >= 0.6 is 11.3 Å². The summed E-state index contributed by atoms with van der Waals surface area (Å²) in [5.74, 6) is -6.28. The predicted molar refractivity (Wildman–Crippen MR) is 126 cm³/mol. The van der Waals surface area contributed by atoms with E-state index in [-0.39, 0.29) is 26.7 Å². The first-order valence-corrected chi connectivity index (χ1v) is 11.6. The molecule has 0 bridgehead atoms. The van der Waals surface area contributed by atoms with Gasteiger partial charge in [0.25, 0.3) is 11.8 Å². The Morgan fingerprint density at radius 3 is 2.72 bits per heavy atom. The summed E-state index contributed by atoms with van der Waals surface area (Å²) in [4.78, 5) is 32.6. The fourth-order valence-corrected chi connectivity index (χ4v) is 4.05. The standard InChI is InChI=1S/C23H20F3N5O4S/c1-3-9-34-16-8-7-15(24)17-18(16)36-22(29-17)30-21(33)23(25,26)11-27-20(32)14-6-4-5-13(10-14)19-28-12(2)35-31-19/h4-8,10H,3,9,11H2,1-2H3,(H,27,32)(H,29,30,33). The minimum atomic E-state index is -3.98. The summed E-state index contributed by atoms with van der Waals surface area (Å²) in [5.41, 5.74) is 0.416. The van der Waals surface area contributed by atoms with E-state index in [1.54, 1.807) is 13.0 Å². The number of aryl methyl sites for hydroxylation is 1. The number of carbonyl (C=O) groups excluding carboxylic acids is 2. The normalized spacial score (nSPS) is 11.5. The van der Waals surface area contributed by atoms with Crippen LogP contribution in [0.1, 0.15) is 29.6 Å². The van der Waals surface area contributed by atoms with Gasteiger partial charge < -0.3 is 14.6 Å². The van der Waals surface area contributed by atoms with Crippen molar-refractivity contribution in [1.29, 1.82) is 0 Å². The Labute approximate surface area is 206 Å². The molecule has 0 aliphatic carbocycles. The molecule has 0 atom stereocenters. The van der Waals surface area contributed by atoms with Gasteiger partial charge in [0.1, 0.15) is 16.0 Å². The van der Waals surface area contributed by atoms with E-state index in [0.29, 0.717) is 30.2 Å². The first-order chi connectivity index (χ1) is 17.2. The molecule has 0 aliphatic rings. The lowest BCUT2D eigenvalue weighted by molar-refractivity contribution is -0.138. The maximum atomic E-state index is 14.5. The molecule has 4 aromatic rings. The highest BCUT2D eigenvalue weighted by Gasteiger charge is 2.40. The SMILES string of the molecule is CCCOc1ccc(F)c2nc(NC(=O)C(F)(F)CNC(=O)c3cccc(-c4noc(C)n4)c3)sc12.